The zero-order valence-corrected chi connectivity index (χ0v) is 18.8. The molecule has 0 saturated carbocycles. The Bertz CT molecular complexity index is 1350. The summed E-state index contributed by atoms with van der Waals surface area (Å²) < 4.78 is 34.6. The molecule has 2 aliphatic heterocycles. The van der Waals surface area contributed by atoms with Crippen LogP contribution in [0.15, 0.2) is 36.4 Å². The summed E-state index contributed by atoms with van der Waals surface area (Å²) in [6, 6.07) is 11.6. The number of rotatable bonds is 2. The molecule has 0 radical (unpaired) electrons. The predicted octanol–water partition coefficient (Wildman–Crippen LogP) is 4.54. The second-order valence-electron chi connectivity index (χ2n) is 8.48. The average molecular weight is 462 g/mol. The summed E-state index contributed by atoms with van der Waals surface area (Å²) in [6.45, 7) is 0.940. The number of methoxy groups -OCH3 is 2. The van der Waals surface area contributed by atoms with Gasteiger partial charge in [0.05, 0.1) is 33.0 Å². The van der Waals surface area contributed by atoms with Gasteiger partial charge >= 0.3 is 11.9 Å². The Morgan fingerprint density at radius 3 is 2.03 bits per heavy atom. The van der Waals surface area contributed by atoms with Crippen LogP contribution in [0.2, 0.25) is 0 Å². The maximum atomic E-state index is 13.0. The molecule has 1 aliphatic carbocycles. The van der Waals surface area contributed by atoms with E-state index in [2.05, 4.69) is 0 Å². The molecule has 2 heterocycles. The van der Waals surface area contributed by atoms with Gasteiger partial charge in [-0.05, 0) is 34.9 Å². The van der Waals surface area contributed by atoms with Crippen LogP contribution in [0.1, 0.15) is 38.3 Å². The molecule has 0 atom stereocenters. The van der Waals surface area contributed by atoms with Gasteiger partial charge < -0.3 is 28.4 Å². The number of ether oxygens (including phenoxy) is 6. The summed E-state index contributed by atoms with van der Waals surface area (Å²) in [5.41, 5.74) is 1.42. The van der Waals surface area contributed by atoms with E-state index in [1.165, 1.54) is 14.2 Å². The van der Waals surface area contributed by atoms with E-state index in [4.69, 9.17) is 28.4 Å². The third-order valence-corrected chi connectivity index (χ3v) is 6.65. The van der Waals surface area contributed by atoms with E-state index < -0.39 is 17.7 Å². The van der Waals surface area contributed by atoms with E-state index >= 15 is 0 Å². The maximum absolute atomic E-state index is 13.0. The standard InChI is InChI=1S/C26H22O8/c1-29-24(27)20-17-13-26(31-9-10-32-26)8-7-16(17)22-23(21(20)25(28)30-2)34-19-12-15-6-4-3-5-14(15)11-18(19)33-22/h3-6,11-12H,7-10,13H2,1-2H3. The van der Waals surface area contributed by atoms with Crippen molar-refractivity contribution in [2.24, 2.45) is 0 Å². The van der Waals surface area contributed by atoms with Crippen molar-refractivity contribution in [1.29, 1.82) is 0 Å². The first-order valence-corrected chi connectivity index (χ1v) is 11.1. The molecule has 3 aromatic carbocycles. The average Bonchev–Trinajstić information content (AvgIpc) is 3.31. The summed E-state index contributed by atoms with van der Waals surface area (Å²) in [7, 11) is 2.53. The Morgan fingerprint density at radius 1 is 0.824 bits per heavy atom. The predicted molar refractivity (Wildman–Crippen MR) is 120 cm³/mol. The van der Waals surface area contributed by atoms with Crippen molar-refractivity contribution >= 4 is 22.7 Å². The lowest BCUT2D eigenvalue weighted by Gasteiger charge is -2.36. The molecule has 6 rings (SSSR count). The van der Waals surface area contributed by atoms with Crippen LogP contribution in [-0.2, 0) is 31.8 Å². The van der Waals surface area contributed by atoms with Crippen LogP contribution in [-0.4, -0.2) is 45.2 Å². The minimum absolute atomic E-state index is 0.0306. The highest BCUT2D eigenvalue weighted by Crippen LogP contribution is 2.54. The molecule has 1 fully saturated rings. The maximum Gasteiger partial charge on any atom is 0.342 e. The van der Waals surface area contributed by atoms with Gasteiger partial charge in [-0.2, -0.15) is 0 Å². The smallest absolute Gasteiger partial charge is 0.342 e. The number of carbonyl (C=O) groups excluding carboxylic acids is 2. The van der Waals surface area contributed by atoms with Crippen LogP contribution < -0.4 is 9.47 Å². The minimum atomic E-state index is -0.846. The summed E-state index contributed by atoms with van der Waals surface area (Å²) in [5, 5.41) is 1.95. The first kappa shape index (κ1) is 20.9. The number of hydrogen-bond donors (Lipinski definition) is 0. The van der Waals surface area contributed by atoms with Gasteiger partial charge in [-0.1, -0.05) is 24.3 Å². The fourth-order valence-electron chi connectivity index (χ4n) is 5.09. The van der Waals surface area contributed by atoms with Crippen molar-refractivity contribution < 1.29 is 38.0 Å². The molecule has 0 amide bonds. The van der Waals surface area contributed by atoms with Crippen LogP contribution in [0.4, 0.5) is 0 Å². The Labute approximate surface area is 195 Å². The molecule has 0 aromatic heterocycles. The molecular weight excluding hydrogens is 440 g/mol. The van der Waals surface area contributed by atoms with E-state index in [1.54, 1.807) is 0 Å². The van der Waals surface area contributed by atoms with Crippen molar-refractivity contribution in [3.63, 3.8) is 0 Å². The van der Waals surface area contributed by atoms with Gasteiger partial charge in [0.25, 0.3) is 0 Å². The third-order valence-electron chi connectivity index (χ3n) is 6.65. The number of hydrogen-bond acceptors (Lipinski definition) is 8. The number of benzene rings is 3. The lowest BCUT2D eigenvalue weighted by Crippen LogP contribution is -2.38. The van der Waals surface area contributed by atoms with Gasteiger partial charge in [-0.25, -0.2) is 9.59 Å². The van der Waals surface area contributed by atoms with Gasteiger partial charge in [-0.15, -0.1) is 0 Å². The summed E-state index contributed by atoms with van der Waals surface area (Å²) in [4.78, 5) is 26.0. The normalized spacial score (nSPS) is 17.2. The third kappa shape index (κ3) is 3.06. The molecule has 0 N–H and O–H groups in total. The quantitative estimate of drug-likeness (QED) is 0.401. The van der Waals surface area contributed by atoms with Crippen LogP contribution in [0.25, 0.3) is 10.8 Å². The fourth-order valence-corrected chi connectivity index (χ4v) is 5.09. The molecule has 8 heteroatoms. The van der Waals surface area contributed by atoms with Crippen LogP contribution in [0.3, 0.4) is 0 Å². The molecule has 0 bridgehead atoms. The SMILES string of the molecule is COC(=O)c1c2c(c3c(c1C(=O)OC)Oc1cc4ccccc4cc1O3)CCC1(C2)OCCO1. The van der Waals surface area contributed by atoms with E-state index in [1.807, 2.05) is 36.4 Å². The number of fused-ring (bicyclic) bond motifs is 5. The highest BCUT2D eigenvalue weighted by Gasteiger charge is 2.46. The van der Waals surface area contributed by atoms with Gasteiger partial charge in [0.2, 0.25) is 0 Å². The van der Waals surface area contributed by atoms with Gasteiger partial charge in [0.1, 0.15) is 5.56 Å². The van der Waals surface area contributed by atoms with E-state index in [0.29, 0.717) is 48.9 Å². The lowest BCUT2D eigenvalue weighted by molar-refractivity contribution is -0.163. The van der Waals surface area contributed by atoms with E-state index in [-0.39, 0.29) is 23.3 Å². The van der Waals surface area contributed by atoms with E-state index in [9.17, 15) is 9.59 Å². The van der Waals surface area contributed by atoms with Crippen molar-refractivity contribution in [3.8, 4) is 23.0 Å². The second kappa shape index (κ2) is 7.72. The van der Waals surface area contributed by atoms with Gasteiger partial charge in [0, 0.05) is 18.4 Å². The Balaban J connectivity index is 1.60. The number of esters is 2. The van der Waals surface area contributed by atoms with Crippen molar-refractivity contribution in [2.75, 3.05) is 27.4 Å². The molecule has 8 nitrogen and oxygen atoms in total. The van der Waals surface area contributed by atoms with Crippen molar-refractivity contribution in [1.82, 2.24) is 0 Å². The van der Waals surface area contributed by atoms with Crippen LogP contribution in [0, 0.1) is 0 Å². The van der Waals surface area contributed by atoms with Crippen molar-refractivity contribution in [2.45, 2.75) is 25.0 Å². The molecule has 3 aliphatic rings. The molecule has 174 valence electrons. The Kier molecular flexibility index (Phi) is 4.75. The topological polar surface area (TPSA) is 89.5 Å². The summed E-state index contributed by atoms with van der Waals surface area (Å²) in [6.07, 6.45) is 1.37. The highest BCUT2D eigenvalue weighted by molar-refractivity contribution is 6.08. The van der Waals surface area contributed by atoms with E-state index in [0.717, 1.165) is 16.3 Å². The van der Waals surface area contributed by atoms with Crippen molar-refractivity contribution in [3.05, 3.63) is 58.7 Å². The minimum Gasteiger partial charge on any atom is -0.465 e. The largest absolute Gasteiger partial charge is 0.465 e. The molecule has 3 aromatic rings. The molecule has 34 heavy (non-hydrogen) atoms. The van der Waals surface area contributed by atoms with Crippen LogP contribution >= 0.6 is 0 Å². The summed E-state index contributed by atoms with van der Waals surface area (Å²) >= 11 is 0. The first-order valence-electron chi connectivity index (χ1n) is 11.1. The first-order chi connectivity index (χ1) is 16.5. The van der Waals surface area contributed by atoms with Gasteiger partial charge in [-0.3, -0.25) is 0 Å². The number of carbonyl (C=O) groups is 2. The molecule has 1 spiro atoms. The Hall–Kier alpha value is -3.62. The zero-order chi connectivity index (χ0) is 23.4. The Morgan fingerprint density at radius 2 is 1.41 bits per heavy atom. The molecular formula is C26H22O8. The highest BCUT2D eigenvalue weighted by atomic mass is 16.7. The zero-order valence-electron chi connectivity index (χ0n) is 18.8. The van der Waals surface area contributed by atoms with Crippen LogP contribution in [0.5, 0.6) is 23.0 Å². The lowest BCUT2D eigenvalue weighted by atomic mass is 9.81. The monoisotopic (exact) mass is 462 g/mol. The molecule has 0 unspecified atom stereocenters. The van der Waals surface area contributed by atoms with Gasteiger partial charge in [0.15, 0.2) is 28.8 Å². The second-order valence-corrected chi connectivity index (χ2v) is 8.48. The summed E-state index contributed by atoms with van der Waals surface area (Å²) in [5.74, 6) is -0.703. The fraction of sp³-hybridized carbons (Fsp3) is 0.308. The molecule has 1 saturated heterocycles.